The molecule has 0 N–H and O–H groups in total. The lowest BCUT2D eigenvalue weighted by Crippen LogP contribution is -2.28. The number of aromatic nitrogens is 2. The Bertz CT molecular complexity index is 670. The van der Waals surface area contributed by atoms with Crippen LogP contribution in [0.25, 0.3) is 0 Å². The highest BCUT2D eigenvalue weighted by Gasteiger charge is 2.30. The molecule has 0 bridgehead atoms. The fraction of sp³-hybridized carbons (Fsp3) is 0.529. The molecule has 5 nitrogen and oxygen atoms in total. The van der Waals surface area contributed by atoms with Crippen LogP contribution in [0.15, 0.2) is 22.7 Å². The highest BCUT2D eigenvalue weighted by atomic mass is 35.5. The summed E-state index contributed by atoms with van der Waals surface area (Å²) >= 11 is 12.3. The minimum atomic E-state index is 0.187. The second-order valence-electron chi connectivity index (χ2n) is 6.24. The molecule has 1 aromatic carbocycles. The van der Waals surface area contributed by atoms with Crippen molar-refractivity contribution in [3.8, 4) is 5.75 Å². The number of hydrogen-bond acceptors (Lipinski definition) is 5. The second-order valence-corrected chi connectivity index (χ2v) is 7.05. The molecule has 130 valence electrons. The lowest BCUT2D eigenvalue weighted by molar-refractivity contribution is 0.190. The molecular formula is C17H21Cl2N3O2. The summed E-state index contributed by atoms with van der Waals surface area (Å²) in [6, 6.07) is 5.53. The molecule has 1 aromatic heterocycles. The number of ether oxygens (including phenoxy) is 1. The molecule has 1 saturated heterocycles. The van der Waals surface area contributed by atoms with Crippen molar-refractivity contribution in [2.24, 2.45) is 0 Å². The van der Waals surface area contributed by atoms with Crippen LogP contribution in [0.5, 0.6) is 5.75 Å². The van der Waals surface area contributed by atoms with Crippen LogP contribution in [0, 0.1) is 0 Å². The Hall–Kier alpha value is -1.30. The van der Waals surface area contributed by atoms with Gasteiger partial charge in [0.25, 0.3) is 0 Å². The number of nitrogens with zero attached hydrogens (tertiary/aromatic N) is 3. The molecule has 0 radical (unpaired) electrons. The van der Waals surface area contributed by atoms with E-state index in [1.54, 1.807) is 18.2 Å². The predicted octanol–water partition coefficient (Wildman–Crippen LogP) is 4.72. The van der Waals surface area contributed by atoms with Gasteiger partial charge in [-0.3, -0.25) is 4.90 Å². The number of likely N-dealkylation sites (tertiary alicyclic amines) is 1. The summed E-state index contributed by atoms with van der Waals surface area (Å²) in [5, 5.41) is 5.21. The summed E-state index contributed by atoms with van der Waals surface area (Å²) in [6.07, 6.45) is 2.15. The molecule has 1 aliphatic heterocycles. The lowest BCUT2D eigenvalue weighted by atomic mass is 10.2. The van der Waals surface area contributed by atoms with Crippen molar-refractivity contribution in [1.82, 2.24) is 15.0 Å². The Labute approximate surface area is 151 Å². The average molecular weight is 370 g/mol. The maximum atomic E-state index is 6.13. The van der Waals surface area contributed by atoms with Gasteiger partial charge in [-0.25, -0.2) is 0 Å². The van der Waals surface area contributed by atoms with Crippen molar-refractivity contribution in [1.29, 1.82) is 0 Å². The van der Waals surface area contributed by atoms with Gasteiger partial charge in [-0.1, -0.05) is 48.3 Å². The summed E-state index contributed by atoms with van der Waals surface area (Å²) in [7, 11) is 0. The highest BCUT2D eigenvalue weighted by molar-refractivity contribution is 6.37. The van der Waals surface area contributed by atoms with Gasteiger partial charge in [0.1, 0.15) is 6.61 Å². The van der Waals surface area contributed by atoms with E-state index >= 15 is 0 Å². The van der Waals surface area contributed by atoms with Crippen LogP contribution in [0.3, 0.4) is 0 Å². The van der Waals surface area contributed by atoms with Crippen LogP contribution >= 0.6 is 23.2 Å². The third-order valence-electron chi connectivity index (χ3n) is 4.16. The van der Waals surface area contributed by atoms with Crippen molar-refractivity contribution in [3.63, 3.8) is 0 Å². The van der Waals surface area contributed by atoms with Crippen LogP contribution < -0.4 is 4.74 Å². The van der Waals surface area contributed by atoms with Gasteiger partial charge in [0, 0.05) is 12.5 Å². The zero-order chi connectivity index (χ0) is 17.1. The Morgan fingerprint density at radius 3 is 2.75 bits per heavy atom. The largest absolute Gasteiger partial charge is 0.489 e. The van der Waals surface area contributed by atoms with E-state index in [4.69, 9.17) is 32.5 Å². The van der Waals surface area contributed by atoms with Crippen molar-refractivity contribution in [3.05, 3.63) is 40.0 Å². The van der Waals surface area contributed by atoms with Gasteiger partial charge >= 0.3 is 0 Å². The Morgan fingerprint density at radius 2 is 2.08 bits per heavy atom. The number of para-hydroxylation sites is 1. The number of hydrogen-bond donors (Lipinski definition) is 0. The van der Waals surface area contributed by atoms with Crippen molar-refractivity contribution in [2.45, 2.75) is 38.6 Å². The Kier molecular flexibility index (Phi) is 5.64. The maximum Gasteiger partial charge on any atom is 0.229 e. The van der Waals surface area contributed by atoms with Crippen molar-refractivity contribution >= 4 is 23.2 Å². The summed E-state index contributed by atoms with van der Waals surface area (Å²) in [4.78, 5) is 6.85. The molecule has 0 spiro atoms. The summed E-state index contributed by atoms with van der Waals surface area (Å²) in [5.74, 6) is 2.24. The van der Waals surface area contributed by atoms with Gasteiger partial charge in [-0.05, 0) is 31.5 Å². The maximum absolute atomic E-state index is 6.13. The molecule has 1 fully saturated rings. The van der Waals surface area contributed by atoms with E-state index in [1.807, 2.05) is 13.8 Å². The lowest BCUT2D eigenvalue weighted by Gasteiger charge is -2.22. The van der Waals surface area contributed by atoms with E-state index < -0.39 is 0 Å². The van der Waals surface area contributed by atoms with E-state index in [0.29, 0.717) is 28.3 Å². The number of halogens is 2. The Balaban J connectivity index is 1.60. The fourth-order valence-electron chi connectivity index (χ4n) is 2.89. The van der Waals surface area contributed by atoms with Gasteiger partial charge in [0.05, 0.1) is 16.1 Å². The molecule has 3 rings (SSSR count). The van der Waals surface area contributed by atoms with Crippen LogP contribution in [0.4, 0.5) is 0 Å². The van der Waals surface area contributed by atoms with Crippen LogP contribution in [0.2, 0.25) is 10.0 Å². The van der Waals surface area contributed by atoms with Crippen molar-refractivity contribution < 1.29 is 9.26 Å². The summed E-state index contributed by atoms with van der Waals surface area (Å²) < 4.78 is 11.1. The minimum Gasteiger partial charge on any atom is -0.489 e. The third kappa shape index (κ3) is 3.85. The van der Waals surface area contributed by atoms with Crippen LogP contribution in [-0.4, -0.2) is 34.7 Å². The molecule has 0 amide bonds. The monoisotopic (exact) mass is 369 g/mol. The van der Waals surface area contributed by atoms with E-state index in [2.05, 4.69) is 15.0 Å². The smallest absolute Gasteiger partial charge is 0.229 e. The van der Waals surface area contributed by atoms with Gasteiger partial charge < -0.3 is 9.26 Å². The molecule has 24 heavy (non-hydrogen) atoms. The molecule has 7 heteroatoms. The topological polar surface area (TPSA) is 51.4 Å². The van der Waals surface area contributed by atoms with E-state index in [0.717, 1.165) is 31.8 Å². The first-order chi connectivity index (χ1) is 11.6. The second kappa shape index (κ2) is 7.72. The molecule has 1 aliphatic rings. The molecule has 0 aliphatic carbocycles. The van der Waals surface area contributed by atoms with E-state index in [-0.39, 0.29) is 12.0 Å². The minimum absolute atomic E-state index is 0.187. The van der Waals surface area contributed by atoms with Gasteiger partial charge in [-0.2, -0.15) is 4.98 Å². The first kappa shape index (κ1) is 17.5. The van der Waals surface area contributed by atoms with Crippen LogP contribution in [0.1, 0.15) is 50.4 Å². The normalized spacial score (nSPS) is 18.5. The highest BCUT2D eigenvalue weighted by Crippen LogP contribution is 2.33. The van der Waals surface area contributed by atoms with Gasteiger partial charge in [0.2, 0.25) is 5.89 Å². The molecule has 0 saturated carbocycles. The van der Waals surface area contributed by atoms with Crippen molar-refractivity contribution in [2.75, 3.05) is 19.7 Å². The summed E-state index contributed by atoms with van der Waals surface area (Å²) in [6.45, 7) is 6.36. The van der Waals surface area contributed by atoms with Gasteiger partial charge in [0.15, 0.2) is 11.6 Å². The summed E-state index contributed by atoms with van der Waals surface area (Å²) in [5.41, 5.74) is 0. The predicted molar refractivity (Wildman–Crippen MR) is 93.9 cm³/mol. The average Bonchev–Trinajstić information content (AvgIpc) is 3.18. The zero-order valence-electron chi connectivity index (χ0n) is 13.8. The fourth-order valence-corrected chi connectivity index (χ4v) is 3.40. The first-order valence-electron chi connectivity index (χ1n) is 8.20. The molecule has 2 heterocycles. The molecule has 1 unspecified atom stereocenters. The zero-order valence-corrected chi connectivity index (χ0v) is 15.3. The standard InChI is InChI=1S/C17H21Cl2N3O2/c1-11(2)17-20-16(21-24-17)14-7-4-8-22(14)9-10-23-15-12(18)5-3-6-13(15)19/h3,5-6,11,14H,4,7-10H2,1-2H3. The first-order valence-corrected chi connectivity index (χ1v) is 8.96. The molecular weight excluding hydrogens is 349 g/mol. The number of benzene rings is 1. The van der Waals surface area contributed by atoms with Gasteiger partial charge in [-0.15, -0.1) is 0 Å². The van der Waals surface area contributed by atoms with Crippen LogP contribution in [-0.2, 0) is 0 Å². The SMILES string of the molecule is CC(C)c1nc(C2CCCN2CCOc2c(Cl)cccc2Cl)no1. The molecule has 2 aromatic rings. The quantitative estimate of drug-likeness (QED) is 0.737. The Morgan fingerprint density at radius 1 is 1.33 bits per heavy atom. The molecule has 1 atom stereocenters. The third-order valence-corrected chi connectivity index (χ3v) is 4.75. The number of rotatable bonds is 6. The van der Waals surface area contributed by atoms with E-state index in [1.165, 1.54) is 0 Å². The van der Waals surface area contributed by atoms with E-state index in [9.17, 15) is 0 Å².